The van der Waals surface area contributed by atoms with E-state index in [0.29, 0.717) is 10.7 Å². The van der Waals surface area contributed by atoms with Crippen LogP contribution < -0.4 is 0 Å². The first-order chi connectivity index (χ1) is 5.87. The van der Waals surface area contributed by atoms with E-state index in [1.54, 1.807) is 0 Å². The highest BCUT2D eigenvalue weighted by Gasteiger charge is 2.35. The Morgan fingerprint density at radius 1 is 0.923 bits per heavy atom. The van der Waals surface area contributed by atoms with Gasteiger partial charge in [0.15, 0.2) is 0 Å². The van der Waals surface area contributed by atoms with Crippen molar-refractivity contribution in [1.82, 2.24) is 0 Å². The van der Waals surface area contributed by atoms with E-state index >= 15 is 0 Å². The molecule has 0 aromatic heterocycles. The molecular weight excluding hydrogens is 155 g/mol. The van der Waals surface area contributed by atoms with Gasteiger partial charge in [0.2, 0.25) is 0 Å². The highest BCUT2D eigenvalue weighted by Crippen LogP contribution is 2.50. The summed E-state index contributed by atoms with van der Waals surface area (Å²) in [6.07, 6.45) is 6.79. The van der Waals surface area contributed by atoms with Gasteiger partial charge < -0.3 is 0 Å². The van der Waals surface area contributed by atoms with Crippen molar-refractivity contribution < 1.29 is 0 Å². The monoisotopic (exact) mass is 182 g/mol. The van der Waals surface area contributed by atoms with Crippen LogP contribution in [0.15, 0.2) is 0 Å². The van der Waals surface area contributed by atoms with E-state index in [2.05, 4.69) is 42.5 Å². The molecule has 0 aromatic rings. The lowest BCUT2D eigenvalue weighted by Crippen LogP contribution is -2.29. The molecule has 0 N–H and O–H groups in total. The topological polar surface area (TPSA) is 0 Å². The molecule has 0 amide bonds. The molecule has 0 saturated carbocycles. The Kier molecular flexibility index (Phi) is 5.10. The summed E-state index contributed by atoms with van der Waals surface area (Å²) in [5.41, 5.74) is 0.457. The number of rotatable bonds is 5. The van der Waals surface area contributed by atoms with Crippen LogP contribution in [0.3, 0.4) is 0 Å². The average Bonchev–Trinajstić information content (AvgIpc) is 1.99. The van der Waals surface area contributed by atoms with Gasteiger partial charge in [-0.3, -0.25) is 0 Å². The van der Waals surface area contributed by atoms with Crippen LogP contribution in [0, 0.1) is 5.41 Å². The molecule has 0 spiro atoms. The van der Waals surface area contributed by atoms with Crippen LogP contribution in [0.5, 0.6) is 0 Å². The summed E-state index contributed by atoms with van der Waals surface area (Å²) >= 11 is 0. The smallest absolute Gasteiger partial charge is 0.0654 e. The van der Waals surface area contributed by atoms with E-state index in [1.165, 1.54) is 32.1 Å². The first-order valence-corrected chi connectivity index (χ1v) is 5.87. The largest absolute Gasteiger partial charge is 0.110 e. The van der Waals surface area contributed by atoms with Crippen LogP contribution in [0.2, 0.25) is 5.31 Å². The summed E-state index contributed by atoms with van der Waals surface area (Å²) < 4.78 is 0. The Morgan fingerprint density at radius 3 is 1.77 bits per heavy atom. The molecule has 0 nitrogen and oxygen atoms in total. The molecule has 0 radical (unpaired) electrons. The van der Waals surface area contributed by atoms with Gasteiger partial charge >= 0.3 is 0 Å². The number of hydrogen-bond donors (Lipinski definition) is 0. The first kappa shape index (κ1) is 13.1. The average molecular weight is 182 g/mol. The maximum absolute atomic E-state index is 2.46. The van der Waals surface area contributed by atoms with E-state index in [4.69, 9.17) is 0 Å². The van der Waals surface area contributed by atoms with Crippen LogP contribution in [0.1, 0.15) is 66.7 Å². The molecule has 0 heterocycles. The van der Waals surface area contributed by atoms with Crippen molar-refractivity contribution >= 4 is 7.85 Å². The van der Waals surface area contributed by atoms with Gasteiger partial charge in [0.05, 0.1) is 0 Å². The molecule has 0 saturated heterocycles. The highest BCUT2D eigenvalue weighted by atomic mass is 14.4. The minimum atomic E-state index is 0.457. The van der Waals surface area contributed by atoms with Crippen molar-refractivity contribution in [3.05, 3.63) is 0 Å². The third-order valence-corrected chi connectivity index (χ3v) is 3.69. The Labute approximate surface area is 85.9 Å². The van der Waals surface area contributed by atoms with Gasteiger partial charge in [0.1, 0.15) is 7.85 Å². The first-order valence-electron chi connectivity index (χ1n) is 5.87. The van der Waals surface area contributed by atoms with E-state index in [-0.39, 0.29) is 0 Å². The highest BCUT2D eigenvalue weighted by molar-refractivity contribution is 6.15. The van der Waals surface area contributed by atoms with Crippen molar-refractivity contribution in [2.24, 2.45) is 5.41 Å². The summed E-state index contributed by atoms with van der Waals surface area (Å²) in [5, 5.41) is 0.539. The maximum Gasteiger partial charge on any atom is 0.110 e. The van der Waals surface area contributed by atoms with Gasteiger partial charge in [-0.15, -0.1) is 0 Å². The Hall–Kier alpha value is 0.0649. The fourth-order valence-corrected chi connectivity index (χ4v) is 1.99. The lowest BCUT2D eigenvalue weighted by atomic mass is 9.50. The van der Waals surface area contributed by atoms with Crippen LogP contribution in [-0.4, -0.2) is 7.85 Å². The Morgan fingerprint density at radius 2 is 1.46 bits per heavy atom. The van der Waals surface area contributed by atoms with Gasteiger partial charge in [-0.05, 0) is 5.41 Å². The summed E-state index contributed by atoms with van der Waals surface area (Å²) in [7, 11) is 2.46. The lowest BCUT2D eigenvalue weighted by Gasteiger charge is -2.42. The molecule has 1 heteroatoms. The van der Waals surface area contributed by atoms with Crippen molar-refractivity contribution in [1.29, 1.82) is 0 Å². The van der Waals surface area contributed by atoms with Gasteiger partial charge in [0.25, 0.3) is 0 Å². The second-order valence-electron chi connectivity index (χ2n) is 5.66. The van der Waals surface area contributed by atoms with E-state index in [1.807, 2.05) is 0 Å². The second kappa shape index (κ2) is 5.07. The summed E-state index contributed by atoms with van der Waals surface area (Å²) in [6, 6.07) is 0. The van der Waals surface area contributed by atoms with E-state index < -0.39 is 0 Å². The van der Waals surface area contributed by atoms with Gasteiger partial charge in [-0.1, -0.05) is 72.0 Å². The Bertz CT molecular complexity index is 135. The lowest BCUT2D eigenvalue weighted by molar-refractivity contribution is 0.226. The predicted octanol–water partition coefficient (Wildman–Crippen LogP) is 3.81. The number of hydrogen-bond acceptors (Lipinski definition) is 0. The third-order valence-electron chi connectivity index (χ3n) is 3.69. The molecule has 1 atom stereocenters. The van der Waals surface area contributed by atoms with E-state index in [9.17, 15) is 0 Å². The summed E-state index contributed by atoms with van der Waals surface area (Å²) in [6.45, 7) is 11.7. The SMILES string of the molecule is BC(CCC)(CCCC)C(C)(C)C. The Balaban J connectivity index is 4.34. The van der Waals surface area contributed by atoms with Crippen molar-refractivity contribution in [3.63, 3.8) is 0 Å². The zero-order valence-electron chi connectivity index (χ0n) is 10.5. The predicted molar refractivity (Wildman–Crippen MR) is 65.1 cm³/mol. The molecule has 0 rings (SSSR count). The normalized spacial score (nSPS) is 17.0. The molecule has 1 unspecified atom stereocenters. The standard InChI is InChI=1S/C12H27B/c1-6-8-10-12(13,9-7-2)11(3,4)5/h6-10,13H2,1-5H3. The van der Waals surface area contributed by atoms with Crippen molar-refractivity contribution in [2.45, 2.75) is 72.0 Å². The fourth-order valence-electron chi connectivity index (χ4n) is 1.99. The second-order valence-corrected chi connectivity index (χ2v) is 5.66. The molecule has 78 valence electrons. The van der Waals surface area contributed by atoms with Crippen LogP contribution in [0.4, 0.5) is 0 Å². The van der Waals surface area contributed by atoms with Gasteiger partial charge in [0, 0.05) is 0 Å². The molecular formula is C12H27B. The molecule has 0 bridgehead atoms. The molecule has 0 aliphatic rings. The third kappa shape index (κ3) is 3.75. The minimum Gasteiger partial charge on any atom is -0.0654 e. The van der Waals surface area contributed by atoms with Gasteiger partial charge in [-0.2, -0.15) is 0 Å². The quantitative estimate of drug-likeness (QED) is 0.567. The van der Waals surface area contributed by atoms with Crippen LogP contribution in [-0.2, 0) is 0 Å². The van der Waals surface area contributed by atoms with Gasteiger partial charge in [-0.25, -0.2) is 0 Å². The molecule has 13 heavy (non-hydrogen) atoms. The zero-order chi connectivity index (χ0) is 10.5. The molecule has 0 aromatic carbocycles. The zero-order valence-corrected chi connectivity index (χ0v) is 10.5. The molecule has 0 fully saturated rings. The number of unbranched alkanes of at least 4 members (excludes halogenated alkanes) is 1. The van der Waals surface area contributed by atoms with Crippen LogP contribution >= 0.6 is 0 Å². The summed E-state index contributed by atoms with van der Waals surface area (Å²) in [5.74, 6) is 0. The maximum atomic E-state index is 2.46. The molecule has 0 aliphatic heterocycles. The molecule has 0 aliphatic carbocycles. The summed E-state index contributed by atoms with van der Waals surface area (Å²) in [4.78, 5) is 0. The van der Waals surface area contributed by atoms with E-state index in [0.717, 1.165) is 0 Å². The fraction of sp³-hybridized carbons (Fsp3) is 1.00. The van der Waals surface area contributed by atoms with Crippen molar-refractivity contribution in [3.8, 4) is 0 Å². The van der Waals surface area contributed by atoms with Crippen molar-refractivity contribution in [2.75, 3.05) is 0 Å². The van der Waals surface area contributed by atoms with Crippen LogP contribution in [0.25, 0.3) is 0 Å². The minimum absolute atomic E-state index is 0.457.